The fraction of sp³-hybridized carbons (Fsp3) is 0.222. The van der Waals surface area contributed by atoms with Gasteiger partial charge < -0.3 is 5.73 Å². The first-order valence-corrected chi connectivity index (χ1v) is 7.30. The monoisotopic (exact) mass is 278 g/mol. The fourth-order valence-corrected chi connectivity index (χ4v) is 2.80. The van der Waals surface area contributed by atoms with Crippen LogP contribution in [0.15, 0.2) is 48.7 Å². The van der Waals surface area contributed by atoms with E-state index in [0.717, 1.165) is 36.1 Å². The van der Waals surface area contributed by atoms with E-state index in [9.17, 15) is 4.79 Å². The van der Waals surface area contributed by atoms with E-state index < -0.39 is 0 Å². The minimum absolute atomic E-state index is 0.371. The van der Waals surface area contributed by atoms with Crippen LogP contribution in [-0.4, -0.2) is 10.9 Å². The molecule has 1 amide bonds. The average molecular weight is 278 g/mol. The molecular weight excluding hydrogens is 260 g/mol. The summed E-state index contributed by atoms with van der Waals surface area (Å²) in [5, 5.41) is 0. The Morgan fingerprint density at radius 3 is 2.71 bits per heavy atom. The molecule has 1 heterocycles. The number of primary amides is 1. The summed E-state index contributed by atoms with van der Waals surface area (Å²) in [4.78, 5) is 16.1. The molecule has 3 heteroatoms. The lowest BCUT2D eigenvalue weighted by atomic mass is 9.89. The summed E-state index contributed by atoms with van der Waals surface area (Å²) in [5.74, 6) is -0.371. The summed E-state index contributed by atoms with van der Waals surface area (Å²) in [7, 11) is 0. The average Bonchev–Trinajstić information content (AvgIpc) is 2.56. The predicted molar refractivity (Wildman–Crippen MR) is 84.6 cm³/mol. The molecule has 1 aromatic carbocycles. The molecule has 2 aromatic rings. The molecule has 3 rings (SSSR count). The molecule has 2 N–H and O–H groups in total. The lowest BCUT2D eigenvalue weighted by molar-refractivity contribution is 0.1000. The first kappa shape index (κ1) is 13.6. The summed E-state index contributed by atoms with van der Waals surface area (Å²) in [6.45, 7) is 0. The van der Waals surface area contributed by atoms with Gasteiger partial charge in [0.05, 0.1) is 5.69 Å². The van der Waals surface area contributed by atoms with Crippen molar-refractivity contribution in [2.75, 3.05) is 0 Å². The highest BCUT2D eigenvalue weighted by Crippen LogP contribution is 2.31. The van der Waals surface area contributed by atoms with Gasteiger partial charge in [-0.25, -0.2) is 0 Å². The van der Waals surface area contributed by atoms with Crippen LogP contribution in [0.4, 0.5) is 0 Å². The maximum atomic E-state index is 11.7. The zero-order valence-corrected chi connectivity index (χ0v) is 11.9. The smallest absolute Gasteiger partial charge is 0.249 e. The van der Waals surface area contributed by atoms with Gasteiger partial charge in [0.1, 0.15) is 0 Å². The Morgan fingerprint density at radius 2 is 2.05 bits per heavy atom. The number of hydrogen-bond acceptors (Lipinski definition) is 2. The van der Waals surface area contributed by atoms with Crippen LogP contribution in [0.3, 0.4) is 0 Å². The third-order valence-electron chi connectivity index (χ3n) is 3.88. The van der Waals surface area contributed by atoms with Crippen LogP contribution < -0.4 is 5.73 Å². The third kappa shape index (κ3) is 2.87. The van der Waals surface area contributed by atoms with Crippen molar-refractivity contribution in [2.24, 2.45) is 5.73 Å². The Bertz CT molecular complexity index is 690. The van der Waals surface area contributed by atoms with Gasteiger partial charge in [-0.15, -0.1) is 0 Å². The van der Waals surface area contributed by atoms with Gasteiger partial charge in [-0.2, -0.15) is 0 Å². The Kier molecular flexibility index (Phi) is 3.82. The molecule has 3 nitrogen and oxygen atoms in total. The number of nitrogens with zero attached hydrogens (tertiary/aromatic N) is 1. The molecule has 0 radical (unpaired) electrons. The number of hydrogen-bond donors (Lipinski definition) is 1. The molecule has 0 saturated carbocycles. The first-order chi connectivity index (χ1) is 10.3. The van der Waals surface area contributed by atoms with E-state index in [4.69, 9.17) is 5.73 Å². The van der Waals surface area contributed by atoms with Gasteiger partial charge in [-0.3, -0.25) is 9.78 Å². The lowest BCUT2D eigenvalue weighted by Gasteiger charge is -2.16. The molecule has 1 aromatic heterocycles. The van der Waals surface area contributed by atoms with Crippen molar-refractivity contribution in [3.05, 3.63) is 59.8 Å². The van der Waals surface area contributed by atoms with Gasteiger partial charge in [0, 0.05) is 17.3 Å². The quantitative estimate of drug-likeness (QED) is 0.928. The second-order valence-electron chi connectivity index (χ2n) is 5.31. The molecule has 106 valence electrons. The van der Waals surface area contributed by atoms with Crippen LogP contribution in [0.1, 0.15) is 41.6 Å². The van der Waals surface area contributed by atoms with E-state index in [1.54, 1.807) is 6.20 Å². The molecule has 0 unspecified atom stereocenters. The minimum atomic E-state index is -0.371. The maximum Gasteiger partial charge on any atom is 0.249 e. The number of amides is 1. The van der Waals surface area contributed by atoms with E-state index in [2.05, 4.69) is 11.1 Å². The van der Waals surface area contributed by atoms with E-state index >= 15 is 0 Å². The first-order valence-electron chi connectivity index (χ1n) is 7.30. The highest BCUT2D eigenvalue weighted by atomic mass is 16.1. The van der Waals surface area contributed by atoms with E-state index in [-0.39, 0.29) is 5.91 Å². The zero-order chi connectivity index (χ0) is 14.7. The Balaban J connectivity index is 2.10. The van der Waals surface area contributed by atoms with E-state index in [1.807, 2.05) is 36.4 Å². The molecule has 0 spiro atoms. The van der Waals surface area contributed by atoms with Crippen molar-refractivity contribution in [3.8, 4) is 11.3 Å². The zero-order valence-electron chi connectivity index (χ0n) is 11.9. The number of allylic oxidation sites excluding steroid dienone is 2. The third-order valence-corrected chi connectivity index (χ3v) is 3.88. The van der Waals surface area contributed by atoms with Crippen LogP contribution in [-0.2, 0) is 0 Å². The van der Waals surface area contributed by atoms with Crippen molar-refractivity contribution in [1.29, 1.82) is 0 Å². The number of carbonyl (C=O) groups is 1. The van der Waals surface area contributed by atoms with Gasteiger partial charge in [-0.1, -0.05) is 18.2 Å². The van der Waals surface area contributed by atoms with Crippen molar-refractivity contribution in [2.45, 2.75) is 25.7 Å². The van der Waals surface area contributed by atoms with Crippen molar-refractivity contribution in [1.82, 2.24) is 4.98 Å². The SMILES string of the molecule is NC(=O)c1ccc(-c2ccccn2)cc1C1=CCCCC1. The van der Waals surface area contributed by atoms with Crippen LogP contribution in [0.5, 0.6) is 0 Å². The molecule has 0 saturated heterocycles. The number of nitrogens with two attached hydrogens (primary N) is 1. The van der Waals surface area contributed by atoms with Gasteiger partial charge in [0.2, 0.25) is 5.91 Å². The Hall–Kier alpha value is -2.42. The number of carbonyl (C=O) groups excluding carboxylic acids is 1. The summed E-state index contributed by atoms with van der Waals surface area (Å²) >= 11 is 0. The highest BCUT2D eigenvalue weighted by molar-refractivity contribution is 5.99. The Morgan fingerprint density at radius 1 is 1.14 bits per heavy atom. The standard InChI is InChI=1S/C18H18N2O/c19-18(21)15-10-9-14(17-8-4-5-11-20-17)12-16(15)13-6-2-1-3-7-13/h4-6,8-12H,1-3,7H2,(H2,19,21). The van der Waals surface area contributed by atoms with Gasteiger partial charge >= 0.3 is 0 Å². The van der Waals surface area contributed by atoms with Gasteiger partial charge in [-0.05, 0) is 61.1 Å². The van der Waals surface area contributed by atoms with Crippen molar-refractivity contribution in [3.63, 3.8) is 0 Å². The van der Waals surface area contributed by atoms with E-state index in [1.165, 1.54) is 12.0 Å². The number of pyridine rings is 1. The summed E-state index contributed by atoms with van der Waals surface area (Å²) in [6.07, 6.45) is 8.46. The van der Waals surface area contributed by atoms with Crippen LogP contribution in [0.2, 0.25) is 0 Å². The number of aromatic nitrogens is 1. The summed E-state index contributed by atoms with van der Waals surface area (Å²) < 4.78 is 0. The van der Waals surface area contributed by atoms with E-state index in [0.29, 0.717) is 5.56 Å². The second kappa shape index (κ2) is 5.92. The van der Waals surface area contributed by atoms with Crippen LogP contribution in [0, 0.1) is 0 Å². The normalized spacial score (nSPS) is 14.6. The predicted octanol–water partition coefficient (Wildman–Crippen LogP) is 3.80. The number of rotatable bonds is 3. The molecule has 0 atom stereocenters. The largest absolute Gasteiger partial charge is 0.366 e. The molecule has 0 bridgehead atoms. The summed E-state index contributed by atoms with van der Waals surface area (Å²) in [5.41, 5.74) is 10.2. The molecule has 1 aliphatic rings. The second-order valence-corrected chi connectivity index (χ2v) is 5.31. The minimum Gasteiger partial charge on any atom is -0.366 e. The van der Waals surface area contributed by atoms with Crippen LogP contribution in [0.25, 0.3) is 16.8 Å². The number of benzene rings is 1. The maximum absolute atomic E-state index is 11.7. The van der Waals surface area contributed by atoms with Gasteiger partial charge in [0.25, 0.3) is 0 Å². The highest BCUT2D eigenvalue weighted by Gasteiger charge is 2.15. The lowest BCUT2D eigenvalue weighted by Crippen LogP contribution is -2.14. The molecule has 1 aliphatic carbocycles. The topological polar surface area (TPSA) is 56.0 Å². The van der Waals surface area contributed by atoms with Crippen molar-refractivity contribution < 1.29 is 4.79 Å². The van der Waals surface area contributed by atoms with Gasteiger partial charge in [0.15, 0.2) is 0 Å². The van der Waals surface area contributed by atoms with Crippen molar-refractivity contribution >= 4 is 11.5 Å². The summed E-state index contributed by atoms with van der Waals surface area (Å²) in [6, 6.07) is 11.6. The molecular formula is C18H18N2O. The Labute approximate surface area is 124 Å². The fourth-order valence-electron chi connectivity index (χ4n) is 2.80. The van der Waals surface area contributed by atoms with Crippen LogP contribution >= 0.6 is 0 Å². The molecule has 0 fully saturated rings. The molecule has 21 heavy (non-hydrogen) atoms. The molecule has 0 aliphatic heterocycles.